The van der Waals surface area contributed by atoms with Crippen LogP contribution < -0.4 is 0 Å². The number of hydrogen-bond acceptors (Lipinski definition) is 5. The number of carbonyl (C=O) groups is 2. The van der Waals surface area contributed by atoms with Crippen LogP contribution >= 0.6 is 11.8 Å². The second-order valence-corrected chi connectivity index (χ2v) is 11.5. The predicted octanol–water partition coefficient (Wildman–Crippen LogP) is 1.99. The summed E-state index contributed by atoms with van der Waals surface area (Å²) in [5.41, 5.74) is -1.03. The highest BCUT2D eigenvalue weighted by molar-refractivity contribution is 8.01. The molecule has 0 saturated carbocycles. The Balaban J connectivity index is 1.44. The van der Waals surface area contributed by atoms with E-state index in [1.165, 1.54) is 0 Å². The molecule has 0 aliphatic carbocycles. The van der Waals surface area contributed by atoms with Crippen LogP contribution in [0.5, 0.6) is 0 Å². The van der Waals surface area contributed by atoms with Gasteiger partial charge in [0, 0.05) is 38.4 Å². The van der Waals surface area contributed by atoms with Crippen LogP contribution in [0.25, 0.3) is 0 Å². The van der Waals surface area contributed by atoms with Crippen LogP contribution in [0.4, 0.5) is 13.2 Å². The molecule has 4 rings (SSSR count). The fourth-order valence-corrected chi connectivity index (χ4v) is 7.24. The van der Waals surface area contributed by atoms with Crippen molar-refractivity contribution in [3.8, 4) is 0 Å². The average Bonchev–Trinajstić information content (AvgIpc) is 3.22. The highest BCUT2D eigenvalue weighted by Crippen LogP contribution is 2.47. The molecule has 3 aliphatic heterocycles. The van der Waals surface area contributed by atoms with Crippen molar-refractivity contribution < 1.29 is 31.2 Å². The van der Waals surface area contributed by atoms with E-state index in [1.54, 1.807) is 21.6 Å². The first-order chi connectivity index (χ1) is 14.4. The molecule has 3 heterocycles. The zero-order valence-electron chi connectivity index (χ0n) is 16.8. The summed E-state index contributed by atoms with van der Waals surface area (Å²) in [6.45, 7) is 2.16. The Morgan fingerprint density at radius 3 is 2.52 bits per heavy atom. The third kappa shape index (κ3) is 3.93. The maximum absolute atomic E-state index is 13.0. The van der Waals surface area contributed by atoms with Gasteiger partial charge < -0.3 is 9.80 Å². The Morgan fingerprint density at radius 1 is 1.19 bits per heavy atom. The Hall–Kier alpha value is -1.79. The molecule has 3 fully saturated rings. The summed E-state index contributed by atoms with van der Waals surface area (Å²) in [7, 11) is -4.12. The van der Waals surface area contributed by atoms with E-state index >= 15 is 0 Å². The Morgan fingerprint density at radius 2 is 1.87 bits per heavy atom. The van der Waals surface area contributed by atoms with Crippen molar-refractivity contribution in [1.29, 1.82) is 0 Å². The second-order valence-electron chi connectivity index (χ2n) is 8.02. The number of thioether (sulfide) groups is 1. The number of piperazine rings is 1. The number of halogens is 3. The summed E-state index contributed by atoms with van der Waals surface area (Å²) in [4.78, 5) is 27.7. The van der Waals surface area contributed by atoms with Gasteiger partial charge in [0.25, 0.3) is 0 Å². The van der Waals surface area contributed by atoms with Crippen molar-refractivity contribution in [2.24, 2.45) is 0 Å². The van der Waals surface area contributed by atoms with Gasteiger partial charge in [-0.05, 0) is 31.5 Å². The molecule has 3 aliphatic rings. The summed E-state index contributed by atoms with van der Waals surface area (Å²) in [5.74, 6) is 0.253. The third-order valence-corrected chi connectivity index (χ3v) is 9.48. The second kappa shape index (κ2) is 7.66. The number of amides is 2. The lowest BCUT2D eigenvalue weighted by molar-refractivity contribution is -0.144. The lowest BCUT2D eigenvalue weighted by Gasteiger charge is -2.37. The molecule has 0 bridgehead atoms. The number of carbonyl (C=O) groups excluding carboxylic acids is 2. The molecule has 1 aromatic carbocycles. The molecule has 7 nitrogen and oxygen atoms in total. The van der Waals surface area contributed by atoms with E-state index in [4.69, 9.17) is 0 Å². The summed E-state index contributed by atoms with van der Waals surface area (Å²) in [6.07, 6.45) is -3.53. The van der Waals surface area contributed by atoms with Crippen molar-refractivity contribution in [2.45, 2.75) is 41.7 Å². The number of sulfonamides is 1. The topological polar surface area (TPSA) is 78.0 Å². The third-order valence-electron chi connectivity index (χ3n) is 6.08. The highest BCUT2D eigenvalue weighted by Gasteiger charge is 2.53. The van der Waals surface area contributed by atoms with Crippen molar-refractivity contribution in [3.05, 3.63) is 29.8 Å². The monoisotopic (exact) mass is 477 g/mol. The van der Waals surface area contributed by atoms with E-state index in [2.05, 4.69) is 0 Å². The summed E-state index contributed by atoms with van der Waals surface area (Å²) >= 11 is 1.58. The Bertz CT molecular complexity index is 1010. The molecule has 0 N–H and O–H groups in total. The number of alkyl halides is 3. The predicted molar refractivity (Wildman–Crippen MR) is 108 cm³/mol. The molecule has 0 radical (unpaired) electrons. The lowest BCUT2D eigenvalue weighted by Crippen LogP contribution is -2.56. The molecular weight excluding hydrogens is 455 g/mol. The number of nitrogens with zero attached hydrogens (tertiary/aromatic N) is 3. The van der Waals surface area contributed by atoms with Crippen molar-refractivity contribution in [3.63, 3.8) is 0 Å². The van der Waals surface area contributed by atoms with E-state index in [0.717, 1.165) is 22.5 Å². The van der Waals surface area contributed by atoms with Crippen molar-refractivity contribution >= 4 is 33.6 Å². The lowest BCUT2D eigenvalue weighted by atomic mass is 10.2. The van der Waals surface area contributed by atoms with Gasteiger partial charge in [-0.1, -0.05) is 6.07 Å². The normalized spacial score (nSPS) is 27.6. The van der Waals surface area contributed by atoms with Crippen LogP contribution in [0.1, 0.15) is 25.3 Å². The molecule has 2 amide bonds. The van der Waals surface area contributed by atoms with Gasteiger partial charge in [-0.15, -0.1) is 11.8 Å². The van der Waals surface area contributed by atoms with Crippen LogP contribution in [0.2, 0.25) is 0 Å². The zero-order chi connectivity index (χ0) is 22.6. The quantitative estimate of drug-likeness (QED) is 0.666. The molecule has 2 atom stereocenters. The number of benzene rings is 1. The first-order valence-electron chi connectivity index (χ1n) is 9.86. The minimum atomic E-state index is -4.64. The number of hydrogen-bond donors (Lipinski definition) is 0. The van der Waals surface area contributed by atoms with Crippen LogP contribution in [-0.4, -0.2) is 77.2 Å². The highest BCUT2D eigenvalue weighted by atomic mass is 32.2. The van der Waals surface area contributed by atoms with E-state index < -0.39 is 32.7 Å². The van der Waals surface area contributed by atoms with Crippen LogP contribution in [-0.2, 0) is 25.8 Å². The molecule has 1 aromatic rings. The molecule has 0 aromatic heterocycles. The van der Waals surface area contributed by atoms with E-state index in [9.17, 15) is 31.2 Å². The SMILES string of the molecule is C[C@]12CCC(=O)N1[C@H](C(=O)N1CCN(S(=O)(=O)c3cccc(C(F)(F)F)c3)CC1)CS2. The first kappa shape index (κ1) is 22.4. The first-order valence-corrected chi connectivity index (χ1v) is 12.3. The average molecular weight is 478 g/mol. The largest absolute Gasteiger partial charge is 0.416 e. The number of fused-ring (bicyclic) bond motifs is 1. The van der Waals surface area contributed by atoms with Gasteiger partial charge in [-0.25, -0.2) is 8.42 Å². The minimum Gasteiger partial charge on any atom is -0.338 e. The van der Waals surface area contributed by atoms with Gasteiger partial charge in [-0.3, -0.25) is 9.59 Å². The van der Waals surface area contributed by atoms with E-state index in [0.29, 0.717) is 24.7 Å². The van der Waals surface area contributed by atoms with Gasteiger partial charge in [-0.2, -0.15) is 17.5 Å². The van der Waals surface area contributed by atoms with Gasteiger partial charge in [0.15, 0.2) is 0 Å². The van der Waals surface area contributed by atoms with Gasteiger partial charge >= 0.3 is 6.18 Å². The van der Waals surface area contributed by atoms with Gasteiger partial charge in [0.2, 0.25) is 21.8 Å². The van der Waals surface area contributed by atoms with E-state index in [1.807, 2.05) is 6.92 Å². The molecule has 31 heavy (non-hydrogen) atoms. The minimum absolute atomic E-state index is 0.0185. The summed E-state index contributed by atoms with van der Waals surface area (Å²) in [6, 6.07) is 3.09. The fourth-order valence-electron chi connectivity index (χ4n) is 4.34. The standard InChI is InChI=1S/C19H22F3N3O4S2/c1-18-6-5-16(26)25(18)15(12-30-18)17(27)23-7-9-24(10-8-23)31(28,29)14-4-2-3-13(11-14)19(20,21)22/h2-4,11,15H,5-10,12H2,1H3/t15-,18-/m0/s1. The smallest absolute Gasteiger partial charge is 0.338 e. The zero-order valence-corrected chi connectivity index (χ0v) is 18.4. The van der Waals surface area contributed by atoms with Crippen molar-refractivity contribution in [2.75, 3.05) is 31.9 Å². The fraction of sp³-hybridized carbons (Fsp3) is 0.579. The van der Waals surface area contributed by atoms with Gasteiger partial charge in [0.1, 0.15) is 6.04 Å². The van der Waals surface area contributed by atoms with Gasteiger partial charge in [0.05, 0.1) is 15.3 Å². The number of rotatable bonds is 3. The van der Waals surface area contributed by atoms with Crippen LogP contribution in [0, 0.1) is 0 Å². The molecule has 170 valence electrons. The van der Waals surface area contributed by atoms with Crippen LogP contribution in [0.3, 0.4) is 0 Å². The molecule has 12 heteroatoms. The summed E-state index contributed by atoms with van der Waals surface area (Å²) in [5, 5.41) is 0. The Labute approximate surface area is 182 Å². The molecule has 0 unspecified atom stereocenters. The Kier molecular flexibility index (Phi) is 5.54. The molecule has 3 saturated heterocycles. The maximum atomic E-state index is 13.0. The van der Waals surface area contributed by atoms with Crippen LogP contribution in [0.15, 0.2) is 29.2 Å². The maximum Gasteiger partial charge on any atom is 0.416 e. The van der Waals surface area contributed by atoms with Crippen molar-refractivity contribution in [1.82, 2.24) is 14.1 Å². The molecule has 0 spiro atoms. The summed E-state index contributed by atoms with van der Waals surface area (Å²) < 4.78 is 65.6. The van der Waals surface area contributed by atoms with E-state index in [-0.39, 0.29) is 42.9 Å². The molecular formula is C19H22F3N3O4S2.